The fourth-order valence-corrected chi connectivity index (χ4v) is 4.90. The fraction of sp³-hybridized carbons (Fsp3) is 0.258. The number of ether oxygens (including phenoxy) is 2. The van der Waals surface area contributed by atoms with E-state index in [1.54, 1.807) is 60.8 Å². The molecule has 1 heterocycles. The van der Waals surface area contributed by atoms with Gasteiger partial charge in [0.15, 0.2) is 0 Å². The molecule has 0 saturated heterocycles. The minimum atomic E-state index is -0.760. The Hall–Kier alpha value is -3.81. The minimum absolute atomic E-state index is 0.0144. The molecule has 208 valence electrons. The van der Waals surface area contributed by atoms with Crippen molar-refractivity contribution in [3.8, 4) is 5.75 Å². The highest BCUT2D eigenvalue weighted by molar-refractivity contribution is 6.30. The van der Waals surface area contributed by atoms with Gasteiger partial charge in [-0.1, -0.05) is 73.4 Å². The third-order valence-electron chi connectivity index (χ3n) is 6.37. The first kappa shape index (κ1) is 29.2. The zero-order valence-electron chi connectivity index (χ0n) is 22.5. The summed E-state index contributed by atoms with van der Waals surface area (Å²) in [5.41, 5.74) is 2.63. The average molecular weight is 581 g/mol. The highest BCUT2D eigenvalue weighted by atomic mass is 35.5. The average Bonchev–Trinajstić information content (AvgIpc) is 2.91. The van der Waals surface area contributed by atoms with Crippen molar-refractivity contribution in [2.24, 2.45) is 5.92 Å². The number of benzene rings is 3. The molecule has 3 aromatic carbocycles. The van der Waals surface area contributed by atoms with E-state index in [2.05, 4.69) is 0 Å². The van der Waals surface area contributed by atoms with Crippen molar-refractivity contribution in [1.82, 2.24) is 9.80 Å². The van der Waals surface area contributed by atoms with Crippen LogP contribution in [0, 0.1) is 5.92 Å². The Morgan fingerprint density at radius 2 is 1.52 bits per heavy atom. The number of nitrogens with zero attached hydrogens (tertiary/aromatic N) is 2. The first-order chi connectivity index (χ1) is 19.1. The van der Waals surface area contributed by atoms with E-state index in [1.807, 2.05) is 32.0 Å². The summed E-state index contributed by atoms with van der Waals surface area (Å²) in [7, 11) is 0. The number of hydrogen-bond acceptors (Lipinski definition) is 5. The Morgan fingerprint density at radius 3 is 2.12 bits per heavy atom. The van der Waals surface area contributed by atoms with Crippen LogP contribution in [0.5, 0.6) is 5.75 Å². The van der Waals surface area contributed by atoms with Gasteiger partial charge in [-0.15, -0.1) is 0 Å². The van der Waals surface area contributed by atoms with Gasteiger partial charge in [-0.25, -0.2) is 0 Å². The Morgan fingerprint density at radius 1 is 0.900 bits per heavy atom. The standard InChI is InChI=1S/C31H30Cl2N2O5/c1-20(2)30-31(38)35(17-29(37)40-19-23-8-5-11-26(33)14-23)28(16-34(30)21(3)36)24-9-6-12-27(15-24)39-18-22-7-4-10-25(32)13-22/h4-16,20,30H,17-19H2,1-3H3/t30-/m1/s1. The number of carbonyl (C=O) groups excluding carboxylic acids is 3. The number of esters is 1. The smallest absolute Gasteiger partial charge is 0.326 e. The molecular weight excluding hydrogens is 551 g/mol. The van der Waals surface area contributed by atoms with Crippen molar-refractivity contribution in [3.05, 3.63) is 106 Å². The zero-order chi connectivity index (χ0) is 28.8. The fourth-order valence-electron chi connectivity index (χ4n) is 4.47. The molecule has 1 aliphatic heterocycles. The quantitative estimate of drug-likeness (QED) is 0.276. The Labute approximate surface area is 243 Å². The van der Waals surface area contributed by atoms with Gasteiger partial charge in [-0.3, -0.25) is 19.3 Å². The largest absolute Gasteiger partial charge is 0.489 e. The van der Waals surface area contributed by atoms with Crippen molar-refractivity contribution in [3.63, 3.8) is 0 Å². The summed E-state index contributed by atoms with van der Waals surface area (Å²) in [6.45, 7) is 5.11. The first-order valence-electron chi connectivity index (χ1n) is 12.8. The summed E-state index contributed by atoms with van der Waals surface area (Å²) >= 11 is 12.1. The summed E-state index contributed by atoms with van der Waals surface area (Å²) in [5, 5.41) is 1.15. The highest BCUT2D eigenvalue weighted by Gasteiger charge is 2.40. The van der Waals surface area contributed by atoms with Crippen molar-refractivity contribution in [2.45, 2.75) is 40.0 Å². The van der Waals surface area contributed by atoms with Crippen LogP contribution in [-0.2, 0) is 32.3 Å². The van der Waals surface area contributed by atoms with Gasteiger partial charge in [-0.05, 0) is 53.4 Å². The molecule has 0 fully saturated rings. The van der Waals surface area contributed by atoms with Gasteiger partial charge in [-0.2, -0.15) is 0 Å². The first-order valence-corrected chi connectivity index (χ1v) is 13.6. The monoisotopic (exact) mass is 580 g/mol. The number of halogens is 2. The molecule has 0 aromatic heterocycles. The Bertz CT molecular complexity index is 1440. The van der Waals surface area contributed by atoms with E-state index in [0.29, 0.717) is 27.1 Å². The van der Waals surface area contributed by atoms with Crippen molar-refractivity contribution < 1.29 is 23.9 Å². The normalized spacial score (nSPS) is 15.2. The molecule has 9 heteroatoms. The van der Waals surface area contributed by atoms with Crippen LogP contribution in [0.25, 0.3) is 5.70 Å². The predicted octanol–water partition coefficient (Wildman–Crippen LogP) is 6.33. The van der Waals surface area contributed by atoms with Gasteiger partial charge in [0.25, 0.3) is 5.91 Å². The summed E-state index contributed by atoms with van der Waals surface area (Å²) in [6.07, 6.45) is 1.62. The predicted molar refractivity (Wildman–Crippen MR) is 154 cm³/mol. The maximum Gasteiger partial charge on any atom is 0.326 e. The molecule has 0 unspecified atom stereocenters. The number of rotatable bonds is 9. The second-order valence-electron chi connectivity index (χ2n) is 9.79. The van der Waals surface area contributed by atoms with Crippen molar-refractivity contribution in [2.75, 3.05) is 6.54 Å². The van der Waals surface area contributed by atoms with Gasteiger partial charge in [0.05, 0.1) is 5.70 Å². The molecule has 40 heavy (non-hydrogen) atoms. The van der Waals surface area contributed by atoms with Crippen LogP contribution in [0.3, 0.4) is 0 Å². The lowest BCUT2D eigenvalue weighted by Crippen LogP contribution is -2.55. The van der Waals surface area contributed by atoms with Crippen LogP contribution < -0.4 is 4.74 Å². The molecule has 0 saturated carbocycles. The second kappa shape index (κ2) is 13.0. The SMILES string of the molecule is CC(=O)N1C=C(c2cccc(OCc3cccc(Cl)c3)c2)N(CC(=O)OCc2cccc(Cl)c2)C(=O)[C@H]1C(C)C. The van der Waals surface area contributed by atoms with E-state index in [-0.39, 0.29) is 37.5 Å². The van der Waals surface area contributed by atoms with Gasteiger partial charge in [0.1, 0.15) is 31.5 Å². The molecule has 3 aromatic rings. The molecule has 0 radical (unpaired) electrons. The molecule has 0 N–H and O–H groups in total. The summed E-state index contributed by atoms with van der Waals surface area (Å²) in [4.78, 5) is 42.1. The lowest BCUT2D eigenvalue weighted by atomic mass is 9.97. The van der Waals surface area contributed by atoms with Crippen LogP contribution in [0.2, 0.25) is 10.0 Å². The van der Waals surface area contributed by atoms with Crippen molar-refractivity contribution in [1.29, 1.82) is 0 Å². The summed E-state index contributed by atoms with van der Waals surface area (Å²) < 4.78 is 11.5. The van der Waals surface area contributed by atoms with Gasteiger partial charge in [0.2, 0.25) is 5.91 Å². The second-order valence-corrected chi connectivity index (χ2v) is 10.7. The van der Waals surface area contributed by atoms with E-state index in [4.69, 9.17) is 32.7 Å². The Kier molecular flexibility index (Phi) is 9.50. The third-order valence-corrected chi connectivity index (χ3v) is 6.84. The van der Waals surface area contributed by atoms with E-state index in [1.165, 1.54) is 16.7 Å². The minimum Gasteiger partial charge on any atom is -0.489 e. The lowest BCUT2D eigenvalue weighted by Gasteiger charge is -2.40. The molecule has 7 nitrogen and oxygen atoms in total. The van der Waals surface area contributed by atoms with E-state index in [9.17, 15) is 14.4 Å². The third kappa shape index (κ3) is 7.23. The summed E-state index contributed by atoms with van der Waals surface area (Å²) in [5.74, 6) is -0.874. The Balaban J connectivity index is 1.61. The van der Waals surface area contributed by atoms with Gasteiger partial charge < -0.3 is 14.4 Å². The maximum atomic E-state index is 13.8. The number of hydrogen-bond donors (Lipinski definition) is 0. The molecule has 1 atom stereocenters. The maximum absolute atomic E-state index is 13.8. The zero-order valence-corrected chi connectivity index (χ0v) is 24.0. The number of carbonyl (C=O) groups is 3. The van der Waals surface area contributed by atoms with Crippen LogP contribution in [0.4, 0.5) is 0 Å². The lowest BCUT2D eigenvalue weighted by molar-refractivity contribution is -0.151. The van der Waals surface area contributed by atoms with Crippen molar-refractivity contribution >= 4 is 46.7 Å². The molecule has 1 aliphatic rings. The summed E-state index contributed by atoms with van der Waals surface area (Å²) in [6, 6.07) is 20.8. The number of amides is 2. The molecule has 0 spiro atoms. The van der Waals surface area contributed by atoms with Crippen LogP contribution >= 0.6 is 23.2 Å². The van der Waals surface area contributed by atoms with Gasteiger partial charge >= 0.3 is 5.97 Å². The topological polar surface area (TPSA) is 76.2 Å². The van der Waals surface area contributed by atoms with Crippen LogP contribution in [-0.4, -0.2) is 40.2 Å². The highest BCUT2D eigenvalue weighted by Crippen LogP contribution is 2.32. The molecule has 4 rings (SSSR count). The van der Waals surface area contributed by atoms with Crippen LogP contribution in [0.1, 0.15) is 37.5 Å². The van der Waals surface area contributed by atoms with Gasteiger partial charge in [0, 0.05) is 28.7 Å². The van der Waals surface area contributed by atoms with E-state index >= 15 is 0 Å². The molecule has 0 bridgehead atoms. The molecule has 0 aliphatic carbocycles. The molecular formula is C31H30Cl2N2O5. The molecule has 2 amide bonds. The van der Waals surface area contributed by atoms with E-state index < -0.39 is 12.0 Å². The van der Waals surface area contributed by atoms with Crippen LogP contribution in [0.15, 0.2) is 79.0 Å². The van der Waals surface area contributed by atoms with E-state index in [0.717, 1.165) is 11.1 Å².